The van der Waals surface area contributed by atoms with Crippen LogP contribution in [0.3, 0.4) is 0 Å². The molecule has 2 aromatic carbocycles. The average Bonchev–Trinajstić information content (AvgIpc) is 2.37. The van der Waals surface area contributed by atoms with Crippen LogP contribution in [-0.4, -0.2) is 5.91 Å². The molecule has 3 heteroatoms. The number of carbonyl (C=O) groups excluding carboxylic acids is 1. The third kappa shape index (κ3) is 3.28. The van der Waals surface area contributed by atoms with Crippen molar-refractivity contribution >= 4 is 12.0 Å². The maximum atomic E-state index is 13.3. The summed E-state index contributed by atoms with van der Waals surface area (Å²) in [5, 5.41) is 0. The van der Waals surface area contributed by atoms with E-state index in [1.807, 2.05) is 31.2 Å². The summed E-state index contributed by atoms with van der Waals surface area (Å²) < 4.78 is 13.3. The number of benzene rings is 2. The number of amides is 1. The normalized spacial score (nSPS) is 10.8. The predicted octanol–water partition coefficient (Wildman–Crippen LogP) is 3.30. The van der Waals surface area contributed by atoms with Gasteiger partial charge in [-0.3, -0.25) is 4.79 Å². The van der Waals surface area contributed by atoms with Crippen molar-refractivity contribution in [3.63, 3.8) is 0 Å². The lowest BCUT2D eigenvalue weighted by molar-refractivity contribution is -0.113. The van der Waals surface area contributed by atoms with Crippen molar-refractivity contribution in [2.45, 2.75) is 6.92 Å². The Hall–Kier alpha value is -2.42. The first-order valence-electron chi connectivity index (χ1n) is 5.90. The Labute approximate surface area is 111 Å². The van der Waals surface area contributed by atoms with Crippen LogP contribution in [0.4, 0.5) is 4.39 Å². The largest absolute Gasteiger partial charge is 0.366 e. The molecule has 1 amide bonds. The maximum absolute atomic E-state index is 13.3. The van der Waals surface area contributed by atoms with Crippen LogP contribution in [0.1, 0.15) is 11.1 Å². The molecule has 0 aliphatic carbocycles. The lowest BCUT2D eigenvalue weighted by Gasteiger charge is -2.08. The molecule has 0 saturated carbocycles. The first-order chi connectivity index (χ1) is 9.06. The monoisotopic (exact) mass is 255 g/mol. The molecule has 0 atom stereocenters. The van der Waals surface area contributed by atoms with Gasteiger partial charge in [0.2, 0.25) is 5.91 Å². The van der Waals surface area contributed by atoms with E-state index in [-0.39, 0.29) is 5.82 Å². The van der Waals surface area contributed by atoms with Crippen molar-refractivity contribution in [2.24, 2.45) is 5.73 Å². The Morgan fingerprint density at radius 3 is 2.68 bits per heavy atom. The maximum Gasteiger partial charge on any atom is 0.241 e. The Morgan fingerprint density at radius 2 is 2.00 bits per heavy atom. The molecular formula is C16H14FNO. The van der Waals surface area contributed by atoms with Gasteiger partial charge in [0.1, 0.15) is 5.82 Å². The Kier molecular flexibility index (Phi) is 3.76. The Bertz CT molecular complexity index is 647. The summed E-state index contributed by atoms with van der Waals surface area (Å²) in [6, 6.07) is 12.1. The van der Waals surface area contributed by atoms with Crippen LogP contribution in [0.15, 0.2) is 48.5 Å². The molecule has 0 fully saturated rings. The van der Waals surface area contributed by atoms with Crippen LogP contribution < -0.4 is 5.73 Å². The molecule has 2 nitrogen and oxygen atoms in total. The lowest BCUT2D eigenvalue weighted by atomic mass is 9.97. The van der Waals surface area contributed by atoms with Gasteiger partial charge < -0.3 is 5.73 Å². The van der Waals surface area contributed by atoms with Gasteiger partial charge in [-0.25, -0.2) is 4.39 Å². The molecule has 0 bridgehead atoms. The molecular weight excluding hydrogens is 241 g/mol. The molecule has 2 aromatic rings. The second-order valence-corrected chi connectivity index (χ2v) is 4.34. The van der Waals surface area contributed by atoms with E-state index < -0.39 is 5.91 Å². The number of nitrogens with two attached hydrogens (primary N) is 1. The van der Waals surface area contributed by atoms with Crippen molar-refractivity contribution in [1.29, 1.82) is 0 Å². The highest BCUT2D eigenvalue weighted by Crippen LogP contribution is 2.26. The van der Waals surface area contributed by atoms with Crippen molar-refractivity contribution in [2.75, 3.05) is 0 Å². The zero-order valence-corrected chi connectivity index (χ0v) is 10.6. The summed E-state index contributed by atoms with van der Waals surface area (Å²) in [5.74, 6) is -0.797. The molecule has 0 unspecified atom stereocenters. The van der Waals surface area contributed by atoms with Gasteiger partial charge >= 0.3 is 0 Å². The molecule has 0 aliphatic rings. The third-order valence-electron chi connectivity index (χ3n) is 2.77. The molecule has 0 aromatic heterocycles. The van der Waals surface area contributed by atoms with Crippen LogP contribution in [0.5, 0.6) is 0 Å². The van der Waals surface area contributed by atoms with E-state index in [0.717, 1.165) is 22.3 Å². The molecule has 0 heterocycles. The van der Waals surface area contributed by atoms with Crippen LogP contribution >= 0.6 is 0 Å². The molecule has 0 radical (unpaired) electrons. The van der Waals surface area contributed by atoms with Gasteiger partial charge in [-0.05, 0) is 41.8 Å². The smallest absolute Gasteiger partial charge is 0.241 e. The van der Waals surface area contributed by atoms with E-state index in [1.54, 1.807) is 12.1 Å². The molecule has 96 valence electrons. The molecule has 0 spiro atoms. The molecule has 0 saturated heterocycles. The van der Waals surface area contributed by atoms with Gasteiger partial charge in [0, 0.05) is 6.08 Å². The number of halogens is 1. The van der Waals surface area contributed by atoms with E-state index in [4.69, 9.17) is 5.73 Å². The topological polar surface area (TPSA) is 43.1 Å². The van der Waals surface area contributed by atoms with Gasteiger partial charge in [-0.1, -0.05) is 35.9 Å². The summed E-state index contributed by atoms with van der Waals surface area (Å²) in [7, 11) is 0. The van der Waals surface area contributed by atoms with E-state index in [2.05, 4.69) is 0 Å². The lowest BCUT2D eigenvalue weighted by Crippen LogP contribution is -2.05. The van der Waals surface area contributed by atoms with Crippen molar-refractivity contribution in [3.05, 3.63) is 65.5 Å². The van der Waals surface area contributed by atoms with Crippen LogP contribution in [0, 0.1) is 12.7 Å². The fourth-order valence-electron chi connectivity index (χ4n) is 1.89. The molecule has 0 aliphatic heterocycles. The van der Waals surface area contributed by atoms with Crippen molar-refractivity contribution in [1.82, 2.24) is 0 Å². The minimum absolute atomic E-state index is 0.288. The fourth-order valence-corrected chi connectivity index (χ4v) is 1.89. The quantitative estimate of drug-likeness (QED) is 0.840. The second kappa shape index (κ2) is 5.48. The number of carbonyl (C=O) groups is 1. The number of rotatable bonds is 3. The van der Waals surface area contributed by atoms with E-state index in [9.17, 15) is 9.18 Å². The molecule has 19 heavy (non-hydrogen) atoms. The number of hydrogen-bond donors (Lipinski definition) is 1. The fraction of sp³-hybridized carbons (Fsp3) is 0.0625. The molecule has 2 rings (SSSR count). The number of hydrogen-bond acceptors (Lipinski definition) is 1. The van der Waals surface area contributed by atoms with Gasteiger partial charge in [-0.2, -0.15) is 0 Å². The SMILES string of the molecule is Cc1ccc(/C=C/C(N)=O)c(-c2cccc(F)c2)c1. The van der Waals surface area contributed by atoms with Gasteiger partial charge in [-0.15, -0.1) is 0 Å². The predicted molar refractivity (Wildman–Crippen MR) is 74.8 cm³/mol. The zero-order valence-electron chi connectivity index (χ0n) is 10.6. The van der Waals surface area contributed by atoms with Crippen molar-refractivity contribution in [3.8, 4) is 11.1 Å². The Balaban J connectivity index is 2.54. The number of primary amides is 1. The average molecular weight is 255 g/mol. The van der Waals surface area contributed by atoms with E-state index >= 15 is 0 Å². The van der Waals surface area contributed by atoms with Crippen molar-refractivity contribution < 1.29 is 9.18 Å². The van der Waals surface area contributed by atoms with Gasteiger partial charge in [0.05, 0.1) is 0 Å². The number of aryl methyl sites for hydroxylation is 1. The summed E-state index contributed by atoms with van der Waals surface area (Å²) >= 11 is 0. The van der Waals surface area contributed by atoms with Crippen LogP contribution in [0.25, 0.3) is 17.2 Å². The zero-order chi connectivity index (χ0) is 13.8. The standard InChI is InChI=1S/C16H14FNO/c1-11-5-6-12(7-8-16(18)19)15(9-11)13-3-2-4-14(17)10-13/h2-10H,1H3,(H2,18,19)/b8-7+. The van der Waals surface area contributed by atoms with Crippen LogP contribution in [-0.2, 0) is 4.79 Å². The van der Waals surface area contributed by atoms with E-state index in [0.29, 0.717) is 0 Å². The first-order valence-corrected chi connectivity index (χ1v) is 5.90. The highest BCUT2D eigenvalue weighted by Gasteiger charge is 2.04. The highest BCUT2D eigenvalue weighted by molar-refractivity contribution is 5.91. The minimum atomic E-state index is -0.509. The van der Waals surface area contributed by atoms with E-state index in [1.165, 1.54) is 18.2 Å². The summed E-state index contributed by atoms with van der Waals surface area (Å²) in [4.78, 5) is 10.8. The molecule has 2 N–H and O–H groups in total. The third-order valence-corrected chi connectivity index (χ3v) is 2.77. The minimum Gasteiger partial charge on any atom is -0.366 e. The first kappa shape index (κ1) is 13.0. The van der Waals surface area contributed by atoms with Gasteiger partial charge in [0.15, 0.2) is 0 Å². The summed E-state index contributed by atoms with van der Waals surface area (Å²) in [5.41, 5.74) is 8.63. The second-order valence-electron chi connectivity index (χ2n) is 4.34. The Morgan fingerprint density at radius 1 is 1.21 bits per heavy atom. The summed E-state index contributed by atoms with van der Waals surface area (Å²) in [6.07, 6.45) is 2.94. The summed E-state index contributed by atoms with van der Waals surface area (Å²) in [6.45, 7) is 1.96. The van der Waals surface area contributed by atoms with Crippen LogP contribution in [0.2, 0.25) is 0 Å². The highest BCUT2D eigenvalue weighted by atomic mass is 19.1. The van der Waals surface area contributed by atoms with Gasteiger partial charge in [0.25, 0.3) is 0 Å².